The normalized spacial score (nSPS) is 11.2. The molecule has 0 fully saturated rings. The molecule has 0 aliphatic heterocycles. The third-order valence-corrected chi connectivity index (χ3v) is 4.16. The highest BCUT2D eigenvalue weighted by Gasteiger charge is 2.23. The van der Waals surface area contributed by atoms with Crippen LogP contribution in [-0.2, 0) is 4.74 Å². The summed E-state index contributed by atoms with van der Waals surface area (Å²) in [5.74, 6) is -0.209. The maximum Gasteiger partial charge on any atom is 0.391 e. The number of esters is 1. The molecule has 1 atom stereocenters. The quantitative estimate of drug-likeness (QED) is 0.598. The van der Waals surface area contributed by atoms with Gasteiger partial charge in [-0.25, -0.2) is 4.79 Å². The van der Waals surface area contributed by atoms with Crippen LogP contribution < -0.4 is 0 Å². The van der Waals surface area contributed by atoms with Crippen molar-refractivity contribution in [2.45, 2.75) is 6.92 Å². The molecule has 2 aromatic rings. The summed E-state index contributed by atoms with van der Waals surface area (Å²) in [6.07, 6.45) is 0. The van der Waals surface area contributed by atoms with E-state index in [9.17, 15) is 4.79 Å². The second-order valence-corrected chi connectivity index (χ2v) is 5.09. The van der Waals surface area contributed by atoms with Gasteiger partial charge in [0.2, 0.25) is 0 Å². The Labute approximate surface area is 97.5 Å². The summed E-state index contributed by atoms with van der Waals surface area (Å²) in [6.45, 7) is 2.24. The van der Waals surface area contributed by atoms with Gasteiger partial charge in [-0.15, -0.1) is 0 Å². The first kappa shape index (κ1) is 10.9. The zero-order chi connectivity index (χ0) is 11.4. The molecule has 1 aromatic heterocycles. The summed E-state index contributed by atoms with van der Waals surface area (Å²) in [4.78, 5) is 13.6. The molecule has 0 bridgehead atoms. The van der Waals surface area contributed by atoms with Gasteiger partial charge in [-0.3, -0.25) is 0 Å². The van der Waals surface area contributed by atoms with Gasteiger partial charge in [0, 0.05) is 16.5 Å². The Morgan fingerprint density at radius 1 is 1.19 bits per heavy atom. The van der Waals surface area contributed by atoms with Crippen LogP contribution in [0.5, 0.6) is 0 Å². The zero-order valence-electron chi connectivity index (χ0n) is 9.05. The molecule has 0 saturated carbocycles. The molecule has 0 spiro atoms. The van der Waals surface area contributed by atoms with Gasteiger partial charge in [-0.05, 0) is 25.1 Å². The molecule has 3 heteroatoms. The third-order valence-electron chi connectivity index (χ3n) is 2.17. The largest absolute Gasteiger partial charge is 0.459 e. The Kier molecular flexibility index (Phi) is 3.37. The summed E-state index contributed by atoms with van der Waals surface area (Å²) in [7, 11) is -0.254. The fourth-order valence-corrected chi connectivity index (χ4v) is 3.19. The van der Waals surface area contributed by atoms with Gasteiger partial charge in [0.05, 0.1) is 6.61 Å². The van der Waals surface area contributed by atoms with E-state index in [0.717, 1.165) is 9.77 Å². The molecular weight excluding hydrogens is 220 g/mol. The Hall–Kier alpha value is -1.61. The number of carbonyl (C=O) groups is 1. The average Bonchev–Trinajstić information content (AvgIpc) is 2.79. The van der Waals surface area contributed by atoms with E-state index < -0.39 is 0 Å². The van der Waals surface area contributed by atoms with Gasteiger partial charge in [-0.1, -0.05) is 18.2 Å². The molecule has 1 aromatic carbocycles. The summed E-state index contributed by atoms with van der Waals surface area (Å²) < 4.78 is 5.04. The number of hydrogen-bond acceptors (Lipinski definition) is 2. The predicted octanol–water partition coefficient (Wildman–Crippen LogP) is 3.60. The van der Waals surface area contributed by atoms with Crippen LogP contribution in [-0.4, -0.2) is 12.6 Å². The minimum absolute atomic E-state index is 0.209. The molecule has 0 radical (unpaired) electrons. The number of benzene rings is 1. The van der Waals surface area contributed by atoms with Gasteiger partial charge in [0.25, 0.3) is 4.88 Å². The average molecular weight is 233 g/mol. The predicted molar refractivity (Wildman–Crippen MR) is 66.2 cm³/mol. The lowest BCUT2D eigenvalue weighted by Crippen LogP contribution is -2.02. The molecule has 0 aliphatic rings. The Morgan fingerprint density at radius 2 is 1.94 bits per heavy atom. The van der Waals surface area contributed by atoms with Crippen molar-refractivity contribution >= 4 is 16.4 Å². The molecule has 0 aliphatic carbocycles. The van der Waals surface area contributed by atoms with Gasteiger partial charge >= 0.3 is 5.97 Å². The van der Waals surface area contributed by atoms with Crippen LogP contribution in [0.2, 0.25) is 0 Å². The number of ether oxygens (including phenoxy) is 1. The lowest BCUT2D eigenvalue weighted by molar-refractivity contribution is 0.0532. The van der Waals surface area contributed by atoms with Crippen LogP contribution in [0.3, 0.4) is 0 Å². The Balaban J connectivity index is 2.37. The first-order chi connectivity index (χ1) is 7.83. The second-order valence-electron chi connectivity index (χ2n) is 3.23. The van der Waals surface area contributed by atoms with Gasteiger partial charge in [-0.2, -0.15) is 0 Å². The van der Waals surface area contributed by atoms with Crippen LogP contribution in [0.1, 0.15) is 16.6 Å². The van der Waals surface area contributed by atoms with E-state index in [2.05, 4.69) is 0 Å². The Bertz CT molecular complexity index is 474. The second kappa shape index (κ2) is 4.94. The van der Waals surface area contributed by atoms with Crippen LogP contribution in [0, 0.1) is 0 Å². The van der Waals surface area contributed by atoms with E-state index in [1.165, 1.54) is 0 Å². The summed E-state index contributed by atoms with van der Waals surface area (Å²) in [6, 6.07) is 13.8. The molecule has 16 heavy (non-hydrogen) atoms. The van der Waals surface area contributed by atoms with Gasteiger partial charge in [0.15, 0.2) is 4.90 Å². The number of rotatable bonds is 3. The molecule has 1 unspecified atom stereocenters. The highest BCUT2D eigenvalue weighted by atomic mass is 32.2. The fourth-order valence-electron chi connectivity index (χ4n) is 1.48. The van der Waals surface area contributed by atoms with Crippen molar-refractivity contribution in [2.24, 2.45) is 0 Å². The molecule has 0 amide bonds. The van der Waals surface area contributed by atoms with Crippen molar-refractivity contribution in [3.8, 4) is 4.90 Å². The molecule has 0 N–H and O–H groups in total. The van der Waals surface area contributed by atoms with Crippen molar-refractivity contribution in [3.63, 3.8) is 0 Å². The maximum absolute atomic E-state index is 11.7. The van der Waals surface area contributed by atoms with E-state index in [0.29, 0.717) is 6.61 Å². The van der Waals surface area contributed by atoms with E-state index >= 15 is 0 Å². The number of thiophene rings is 1. The van der Waals surface area contributed by atoms with Crippen LogP contribution in [0.15, 0.2) is 47.8 Å². The van der Waals surface area contributed by atoms with Gasteiger partial charge < -0.3 is 4.74 Å². The summed E-state index contributed by atoms with van der Waals surface area (Å²) >= 11 is 0. The summed E-state index contributed by atoms with van der Waals surface area (Å²) in [5, 5.41) is 2.04. The van der Waals surface area contributed by atoms with Crippen molar-refractivity contribution in [2.75, 3.05) is 6.61 Å². The highest BCUT2D eigenvalue weighted by Crippen LogP contribution is 2.35. The van der Waals surface area contributed by atoms with Crippen molar-refractivity contribution in [3.05, 3.63) is 52.7 Å². The minimum atomic E-state index is -0.254. The lowest BCUT2D eigenvalue weighted by atomic mass is 10.4. The third kappa shape index (κ3) is 2.14. The summed E-state index contributed by atoms with van der Waals surface area (Å²) in [5.41, 5.74) is 0. The van der Waals surface area contributed by atoms with Crippen LogP contribution >= 0.6 is 10.5 Å². The molecule has 82 valence electrons. The standard InChI is InChI=1S/C13H13O2S/c1-2-15-13(14)12-9-6-10-16(12)11-7-4-3-5-8-11/h3-10H,2H2,1H3/q+1. The highest BCUT2D eigenvalue weighted by molar-refractivity contribution is 7.39. The molecule has 0 saturated heterocycles. The molecule has 2 rings (SSSR count). The molecular formula is C13H13O2S+. The van der Waals surface area contributed by atoms with Gasteiger partial charge in [0.1, 0.15) is 5.38 Å². The first-order valence-electron chi connectivity index (χ1n) is 5.16. The van der Waals surface area contributed by atoms with E-state index in [4.69, 9.17) is 4.74 Å². The minimum Gasteiger partial charge on any atom is -0.459 e. The monoisotopic (exact) mass is 233 g/mol. The smallest absolute Gasteiger partial charge is 0.391 e. The van der Waals surface area contributed by atoms with Crippen molar-refractivity contribution in [1.29, 1.82) is 0 Å². The topological polar surface area (TPSA) is 26.3 Å². The first-order valence-corrected chi connectivity index (χ1v) is 6.45. The molecule has 1 heterocycles. The number of carbonyl (C=O) groups excluding carboxylic acids is 1. The van der Waals surface area contributed by atoms with E-state index in [1.807, 2.05) is 54.8 Å². The van der Waals surface area contributed by atoms with Crippen LogP contribution in [0.4, 0.5) is 0 Å². The fraction of sp³-hybridized carbons (Fsp3) is 0.154. The zero-order valence-corrected chi connectivity index (χ0v) is 9.87. The van der Waals surface area contributed by atoms with Crippen molar-refractivity contribution < 1.29 is 9.53 Å². The van der Waals surface area contributed by atoms with E-state index in [-0.39, 0.29) is 16.4 Å². The number of hydrogen-bond donors (Lipinski definition) is 0. The molecule has 2 nitrogen and oxygen atoms in total. The van der Waals surface area contributed by atoms with Crippen LogP contribution in [0.25, 0.3) is 4.90 Å². The SMILES string of the molecule is CCOC(=O)c1ccc[s+]1-c1ccccc1. The van der Waals surface area contributed by atoms with Crippen molar-refractivity contribution in [1.82, 2.24) is 0 Å². The maximum atomic E-state index is 11.7. The van der Waals surface area contributed by atoms with E-state index in [1.54, 1.807) is 0 Å². The lowest BCUT2D eigenvalue weighted by Gasteiger charge is -1.97. The Morgan fingerprint density at radius 3 is 2.62 bits per heavy atom.